The van der Waals surface area contributed by atoms with Gasteiger partial charge in [-0.2, -0.15) is 0 Å². The normalized spacial score (nSPS) is 13.6. The molecule has 0 amide bonds. The summed E-state index contributed by atoms with van der Waals surface area (Å²) in [5, 5.41) is 13.1. The predicted molar refractivity (Wildman–Crippen MR) is 67.5 cm³/mol. The first-order valence-electron chi connectivity index (χ1n) is 5.71. The van der Waals surface area contributed by atoms with Crippen molar-refractivity contribution in [2.24, 2.45) is 5.41 Å². The zero-order chi connectivity index (χ0) is 12.2. The van der Waals surface area contributed by atoms with E-state index in [0.717, 1.165) is 17.7 Å². The monoisotopic (exact) mass is 222 g/mol. The second-order valence-corrected chi connectivity index (χ2v) is 5.49. The molecule has 1 heterocycles. The Kier molecular flexibility index (Phi) is 4.30. The lowest BCUT2D eigenvalue weighted by atomic mass is 9.89. The van der Waals surface area contributed by atoms with Crippen molar-refractivity contribution in [3.8, 4) is 0 Å². The van der Waals surface area contributed by atoms with Crippen LogP contribution in [0.15, 0.2) is 18.5 Å². The number of aliphatic hydroxyl groups excluding tert-OH is 1. The van der Waals surface area contributed by atoms with Crippen LogP contribution in [0.25, 0.3) is 0 Å². The minimum atomic E-state index is -0.312. The van der Waals surface area contributed by atoms with Gasteiger partial charge in [-0.1, -0.05) is 20.8 Å². The van der Waals surface area contributed by atoms with E-state index >= 15 is 0 Å². The Morgan fingerprint density at radius 3 is 2.69 bits per heavy atom. The van der Waals surface area contributed by atoms with Gasteiger partial charge in [0.1, 0.15) is 0 Å². The van der Waals surface area contributed by atoms with Gasteiger partial charge in [0.15, 0.2) is 0 Å². The Hall–Kier alpha value is -1.09. The highest BCUT2D eigenvalue weighted by atomic mass is 16.3. The summed E-state index contributed by atoms with van der Waals surface area (Å²) in [5.74, 6) is 0. The Bertz CT molecular complexity index is 331. The van der Waals surface area contributed by atoms with Crippen molar-refractivity contribution in [1.82, 2.24) is 4.98 Å². The lowest BCUT2D eigenvalue weighted by Gasteiger charge is -2.23. The molecule has 3 nitrogen and oxygen atoms in total. The van der Waals surface area contributed by atoms with Crippen LogP contribution in [0.3, 0.4) is 0 Å². The van der Waals surface area contributed by atoms with Crippen LogP contribution in [0.2, 0.25) is 0 Å². The number of pyridine rings is 1. The van der Waals surface area contributed by atoms with E-state index in [-0.39, 0.29) is 11.5 Å². The molecule has 0 aliphatic carbocycles. The molecular weight excluding hydrogens is 200 g/mol. The molecule has 0 spiro atoms. The first-order valence-corrected chi connectivity index (χ1v) is 5.71. The fourth-order valence-corrected chi connectivity index (χ4v) is 1.68. The van der Waals surface area contributed by atoms with E-state index in [0.29, 0.717) is 6.54 Å². The smallest absolute Gasteiger partial charge is 0.0717 e. The summed E-state index contributed by atoms with van der Waals surface area (Å²) < 4.78 is 0. The highest BCUT2D eigenvalue weighted by Gasteiger charge is 2.16. The highest BCUT2D eigenvalue weighted by Crippen LogP contribution is 2.21. The minimum absolute atomic E-state index is 0.161. The second kappa shape index (κ2) is 5.30. The van der Waals surface area contributed by atoms with E-state index in [4.69, 9.17) is 0 Å². The molecule has 0 aliphatic rings. The molecule has 0 bridgehead atoms. The van der Waals surface area contributed by atoms with Crippen LogP contribution in [0.4, 0.5) is 5.69 Å². The van der Waals surface area contributed by atoms with Crippen molar-refractivity contribution < 1.29 is 5.11 Å². The number of rotatable bonds is 4. The number of hydrogen-bond donors (Lipinski definition) is 2. The van der Waals surface area contributed by atoms with Crippen molar-refractivity contribution in [3.63, 3.8) is 0 Å². The van der Waals surface area contributed by atoms with E-state index < -0.39 is 0 Å². The van der Waals surface area contributed by atoms with Gasteiger partial charge < -0.3 is 10.4 Å². The maximum absolute atomic E-state index is 9.86. The number of hydrogen-bond acceptors (Lipinski definition) is 3. The number of anilines is 1. The summed E-state index contributed by atoms with van der Waals surface area (Å²) in [6, 6.07) is 1.93. The Morgan fingerprint density at radius 2 is 2.12 bits per heavy atom. The zero-order valence-corrected chi connectivity index (χ0v) is 10.6. The van der Waals surface area contributed by atoms with Gasteiger partial charge in [0.25, 0.3) is 0 Å². The van der Waals surface area contributed by atoms with Gasteiger partial charge in [-0.05, 0) is 30.4 Å². The van der Waals surface area contributed by atoms with Gasteiger partial charge in [0.05, 0.1) is 6.10 Å². The van der Waals surface area contributed by atoms with E-state index in [9.17, 15) is 5.11 Å². The summed E-state index contributed by atoms with van der Waals surface area (Å²) in [5.41, 5.74) is 2.31. The van der Waals surface area contributed by atoms with Gasteiger partial charge in [-0.3, -0.25) is 4.98 Å². The van der Waals surface area contributed by atoms with Crippen LogP contribution < -0.4 is 5.32 Å². The molecule has 1 rings (SSSR count). The molecule has 0 aromatic carbocycles. The summed E-state index contributed by atoms with van der Waals surface area (Å²) in [4.78, 5) is 4.03. The first kappa shape index (κ1) is 13.0. The Morgan fingerprint density at radius 1 is 1.44 bits per heavy atom. The standard InChI is InChI=1S/C13H22N2O/c1-10-8-14-6-5-12(10)15-9-11(16)7-13(2,3)4/h5-6,8,11,16H,7,9H2,1-4H3,(H,14,15). The number of aliphatic hydroxyl groups is 1. The molecule has 0 saturated heterocycles. The average Bonchev–Trinajstić information content (AvgIpc) is 2.14. The minimum Gasteiger partial charge on any atom is -0.391 e. The maximum atomic E-state index is 9.86. The van der Waals surface area contributed by atoms with Crippen molar-refractivity contribution in [1.29, 1.82) is 0 Å². The van der Waals surface area contributed by atoms with Gasteiger partial charge in [0, 0.05) is 24.6 Å². The lowest BCUT2D eigenvalue weighted by Crippen LogP contribution is -2.25. The Balaban J connectivity index is 2.43. The number of aryl methyl sites for hydroxylation is 1. The molecule has 16 heavy (non-hydrogen) atoms. The molecule has 0 aliphatic heterocycles. The van der Waals surface area contributed by atoms with Crippen LogP contribution in [-0.2, 0) is 0 Å². The van der Waals surface area contributed by atoms with Crippen LogP contribution in [0, 0.1) is 12.3 Å². The van der Waals surface area contributed by atoms with Gasteiger partial charge in [-0.15, -0.1) is 0 Å². The van der Waals surface area contributed by atoms with Gasteiger partial charge in [-0.25, -0.2) is 0 Å². The quantitative estimate of drug-likeness (QED) is 0.823. The van der Waals surface area contributed by atoms with Crippen LogP contribution in [0.5, 0.6) is 0 Å². The summed E-state index contributed by atoms with van der Waals surface area (Å²) in [7, 11) is 0. The molecule has 0 fully saturated rings. The molecule has 2 N–H and O–H groups in total. The fraction of sp³-hybridized carbons (Fsp3) is 0.615. The average molecular weight is 222 g/mol. The molecule has 0 saturated carbocycles. The molecule has 1 aromatic heterocycles. The van der Waals surface area contributed by atoms with Gasteiger partial charge >= 0.3 is 0 Å². The fourth-order valence-electron chi connectivity index (χ4n) is 1.68. The first-order chi connectivity index (χ1) is 7.38. The number of nitrogens with zero attached hydrogens (tertiary/aromatic N) is 1. The molecule has 1 aromatic rings. The second-order valence-electron chi connectivity index (χ2n) is 5.49. The summed E-state index contributed by atoms with van der Waals surface area (Å²) in [6.07, 6.45) is 4.06. The topological polar surface area (TPSA) is 45.2 Å². The maximum Gasteiger partial charge on any atom is 0.0717 e. The molecule has 1 unspecified atom stereocenters. The van der Waals surface area contributed by atoms with E-state index in [1.54, 1.807) is 6.20 Å². The third-order valence-electron chi connectivity index (χ3n) is 2.40. The van der Waals surface area contributed by atoms with E-state index in [2.05, 4.69) is 31.1 Å². The van der Waals surface area contributed by atoms with Crippen LogP contribution in [-0.4, -0.2) is 22.7 Å². The summed E-state index contributed by atoms with van der Waals surface area (Å²) >= 11 is 0. The lowest BCUT2D eigenvalue weighted by molar-refractivity contribution is 0.132. The van der Waals surface area contributed by atoms with Crippen LogP contribution in [0.1, 0.15) is 32.8 Å². The van der Waals surface area contributed by atoms with Gasteiger partial charge in [0.2, 0.25) is 0 Å². The molecule has 90 valence electrons. The molecule has 0 radical (unpaired) electrons. The van der Waals surface area contributed by atoms with E-state index in [1.165, 1.54) is 0 Å². The SMILES string of the molecule is Cc1cnccc1NCC(O)CC(C)(C)C. The van der Waals surface area contributed by atoms with Crippen molar-refractivity contribution in [2.75, 3.05) is 11.9 Å². The summed E-state index contributed by atoms with van der Waals surface area (Å²) in [6.45, 7) is 8.99. The largest absolute Gasteiger partial charge is 0.391 e. The third-order valence-corrected chi connectivity index (χ3v) is 2.40. The molecule has 3 heteroatoms. The van der Waals surface area contributed by atoms with Crippen molar-refractivity contribution in [3.05, 3.63) is 24.0 Å². The molecular formula is C13H22N2O. The predicted octanol–water partition coefficient (Wildman–Crippen LogP) is 2.60. The molecule has 1 atom stereocenters. The zero-order valence-electron chi connectivity index (χ0n) is 10.6. The number of aromatic nitrogens is 1. The number of nitrogens with one attached hydrogen (secondary N) is 1. The van der Waals surface area contributed by atoms with E-state index in [1.807, 2.05) is 19.2 Å². The highest BCUT2D eigenvalue weighted by molar-refractivity contribution is 5.48. The van der Waals surface area contributed by atoms with Crippen LogP contribution >= 0.6 is 0 Å². The Labute approximate surface area is 97.9 Å². The van der Waals surface area contributed by atoms with Crippen molar-refractivity contribution in [2.45, 2.75) is 40.2 Å². The third kappa shape index (κ3) is 4.62. The van der Waals surface area contributed by atoms with Crippen molar-refractivity contribution >= 4 is 5.69 Å².